The molecule has 4 aromatic heterocycles. The van der Waals surface area contributed by atoms with E-state index in [0.29, 0.717) is 11.1 Å². The Bertz CT molecular complexity index is 6110. The van der Waals surface area contributed by atoms with Crippen LogP contribution in [0.1, 0.15) is 208 Å². The van der Waals surface area contributed by atoms with Crippen molar-refractivity contribution in [1.82, 2.24) is 0 Å². The minimum absolute atomic E-state index is 0.0632. The van der Waals surface area contributed by atoms with Crippen molar-refractivity contribution in [2.45, 2.75) is 183 Å². The van der Waals surface area contributed by atoms with Gasteiger partial charge < -0.3 is 0 Å². The number of aryl methyl sites for hydroxylation is 12. The van der Waals surface area contributed by atoms with Crippen molar-refractivity contribution in [2.24, 2.45) is 39.0 Å². The lowest BCUT2D eigenvalue weighted by Gasteiger charge is -2.20. The molecule has 16 rings (SSSR count). The monoisotopic (exact) mass is 1400 g/mol. The Balaban J connectivity index is 0.000000138. The fraction of sp³-hybridized carbons (Fsp3) is 0.327. The highest BCUT2D eigenvalue weighted by Gasteiger charge is 2.31. The van der Waals surface area contributed by atoms with Gasteiger partial charge in [-0.25, -0.2) is 18.3 Å². The molecule has 4 heteroatoms. The second-order valence-electron chi connectivity index (χ2n) is 32.7. The first-order valence-electron chi connectivity index (χ1n) is 44.2. The van der Waals surface area contributed by atoms with Crippen LogP contribution in [0.4, 0.5) is 0 Å². The van der Waals surface area contributed by atoms with Gasteiger partial charge in [0.15, 0.2) is 24.8 Å². The molecule has 0 aliphatic heterocycles. The van der Waals surface area contributed by atoms with Crippen LogP contribution >= 0.6 is 0 Å². The SMILES string of the molecule is [2H]C([2H])([2H])c1c[n+](C)c(-c2ccc3c(c2C)-c2ccc(C)cc2C3)cc1C.[2H]C([2H])([2H])c1c[n+](C)c(-c2ccc3c(c2C)-c2ccc(C)cc2C3)cc1C([2H])(C)C.[2H]C([2H])([2H])c1c[n+](C)c(-c2ccc3c(c2C)-c2ccc(C)cc2C3)cc1C([2H])([2H])C(C)(C)C.[2H]C([2H])(c1cc[n+](C)c(-c2ccc3c(c2C)-c2ccc(C)cc2C3)c1)C(C)(C)C. The predicted molar refractivity (Wildman–Crippen MR) is 442 cm³/mol. The molecule has 4 aliphatic rings. The average Bonchev–Trinajstić information content (AvgIpc) is 1.41. The van der Waals surface area contributed by atoms with E-state index in [9.17, 15) is 0 Å². The maximum absolute atomic E-state index is 8.87. The fourth-order valence-corrected chi connectivity index (χ4v) is 16.7. The molecule has 105 heavy (non-hydrogen) atoms. The smallest absolute Gasteiger partial charge is 0.201 e. The van der Waals surface area contributed by atoms with E-state index < -0.39 is 50.0 Å². The number of hydrogen-bond donors (Lipinski definition) is 0. The van der Waals surface area contributed by atoms with Gasteiger partial charge in [0, 0.05) is 88.5 Å². The lowest BCUT2D eigenvalue weighted by atomic mass is 9.86. The van der Waals surface area contributed by atoms with Gasteiger partial charge in [-0.15, -0.1) is 0 Å². The Morgan fingerprint density at radius 2 is 0.667 bits per heavy atom. The maximum atomic E-state index is 8.87. The minimum atomic E-state index is -2.41. The van der Waals surface area contributed by atoms with E-state index in [1.807, 2.05) is 121 Å². The molecular weight excluding hydrogens is 1270 g/mol. The van der Waals surface area contributed by atoms with E-state index in [0.717, 1.165) is 81.8 Å². The molecule has 4 heterocycles. The van der Waals surface area contributed by atoms with Crippen LogP contribution in [0.5, 0.6) is 0 Å². The van der Waals surface area contributed by atoms with Crippen LogP contribution in [-0.4, -0.2) is 0 Å². The molecule has 8 aromatic carbocycles. The molecule has 0 fully saturated rings. The third-order valence-electron chi connectivity index (χ3n) is 21.7. The molecule has 4 nitrogen and oxygen atoms in total. The van der Waals surface area contributed by atoms with Crippen LogP contribution in [-0.2, 0) is 66.6 Å². The number of aromatic nitrogens is 4. The molecule has 0 atom stereocenters. The van der Waals surface area contributed by atoms with Gasteiger partial charge >= 0.3 is 0 Å². The quantitative estimate of drug-likeness (QED) is 0.141. The number of rotatable bonds is 7. The van der Waals surface area contributed by atoms with Crippen LogP contribution < -0.4 is 18.3 Å². The Labute approximate surface area is 649 Å². The zero-order valence-corrected chi connectivity index (χ0v) is 65.9. The molecule has 4 aliphatic carbocycles. The van der Waals surface area contributed by atoms with Gasteiger partial charge in [0.25, 0.3) is 0 Å². The molecule has 0 radical (unpaired) electrons. The molecule has 0 N–H and O–H groups in total. The van der Waals surface area contributed by atoms with Crippen LogP contribution in [0.2, 0.25) is 0 Å². The lowest BCUT2D eigenvalue weighted by molar-refractivity contribution is -0.660. The number of pyridine rings is 4. The molecule has 0 bridgehead atoms. The topological polar surface area (TPSA) is 15.5 Å². The third kappa shape index (κ3) is 14.8. The van der Waals surface area contributed by atoms with Gasteiger partial charge in [-0.3, -0.25) is 0 Å². The highest BCUT2D eigenvalue weighted by atomic mass is 14.9. The Hall–Kier alpha value is -9.64. The summed E-state index contributed by atoms with van der Waals surface area (Å²) in [7, 11) is 7.68. The highest BCUT2D eigenvalue weighted by molar-refractivity contribution is 5.88. The molecule has 0 unspecified atom stereocenters. The molecular formula is C101H114N4+4. The third-order valence-corrected chi connectivity index (χ3v) is 21.7. The van der Waals surface area contributed by atoms with Crippen molar-refractivity contribution in [3.8, 4) is 89.5 Å². The minimum Gasteiger partial charge on any atom is -0.201 e. The predicted octanol–water partition coefficient (Wildman–Crippen LogP) is 23.0. The van der Waals surface area contributed by atoms with E-state index >= 15 is 0 Å². The molecule has 0 saturated carbocycles. The highest BCUT2D eigenvalue weighted by Crippen LogP contribution is 2.47. The van der Waals surface area contributed by atoms with Crippen molar-refractivity contribution in [2.75, 3.05) is 0 Å². The van der Waals surface area contributed by atoms with Gasteiger partial charge in [0.2, 0.25) is 22.8 Å². The summed E-state index contributed by atoms with van der Waals surface area (Å²) in [6.45, 7) is 27.1. The normalized spacial score (nSPS) is 15.3. The number of fused-ring (bicyclic) bond motifs is 12. The molecule has 0 amide bonds. The van der Waals surface area contributed by atoms with Gasteiger partial charge in [-0.2, -0.15) is 0 Å². The van der Waals surface area contributed by atoms with E-state index in [-0.39, 0.29) is 16.7 Å². The van der Waals surface area contributed by atoms with Crippen molar-refractivity contribution < 1.29 is 37.5 Å². The summed E-state index contributed by atoms with van der Waals surface area (Å²) in [6.07, 6.45) is 7.60. The van der Waals surface area contributed by atoms with Crippen molar-refractivity contribution in [3.63, 3.8) is 0 Å². The average molecular weight is 1400 g/mol. The number of hydrogen-bond acceptors (Lipinski definition) is 0. The van der Waals surface area contributed by atoms with E-state index in [4.69, 9.17) is 19.2 Å². The molecule has 12 aromatic rings. The summed E-state index contributed by atoms with van der Waals surface area (Å²) in [5, 5.41) is 0. The molecule has 534 valence electrons. The Kier molecular flexibility index (Phi) is 15.7. The van der Waals surface area contributed by atoms with Gasteiger partial charge in [-0.1, -0.05) is 175 Å². The standard InChI is InChI=1S/C27H32N.C26H30N.C25H28N.C23H24N/c1-17-8-10-24-21(12-17)13-20-9-11-23(19(3)26(20)24)25-14-22(15-27(4,5)6)18(2)16-28(25)7;1-17-7-9-23-21(13-17)15-20-8-10-22(18(2)25(20)23)24-14-19(11-12-27(24)6)16-26(3,4)5;1-15(2)23-13-24(26(6)14-17(23)4)21-10-8-19-12-20-11-16(3)7-9-22(20)25(19)18(21)5;1-14-6-8-21-19(10-14)12-18-7-9-20(17(4)23(18)21)22-11-15(2)16(3)13-24(22)5/h8-12,14,16H,13,15H2,1-7H3;7-14H,15-16H2,1-6H3;7-11,13-15H,12H2,1-6H3;6-11,13H,12H2,1-5H3/q4*+1/i2D3,15D2;16D2;4D3,15D;3D3. The van der Waals surface area contributed by atoms with Crippen molar-refractivity contribution in [1.29, 1.82) is 0 Å². The van der Waals surface area contributed by atoms with E-state index in [2.05, 4.69) is 181 Å². The first kappa shape index (κ1) is 57.6. The lowest BCUT2D eigenvalue weighted by Crippen LogP contribution is -2.32. The van der Waals surface area contributed by atoms with Crippen LogP contribution in [0, 0.1) is 93.7 Å². The van der Waals surface area contributed by atoms with Gasteiger partial charge in [0.05, 0.1) is 0 Å². The summed E-state index contributed by atoms with van der Waals surface area (Å²) in [5.74, 6) is -1.01. The van der Waals surface area contributed by atoms with Crippen molar-refractivity contribution >= 4 is 0 Å². The zero-order chi connectivity index (χ0) is 87.2. The Morgan fingerprint density at radius 3 is 1.02 bits per heavy atom. The number of nitrogens with zero attached hydrogens (tertiary/aromatic N) is 4. The summed E-state index contributed by atoms with van der Waals surface area (Å²) >= 11 is 0. The number of benzene rings is 8. The van der Waals surface area contributed by atoms with Gasteiger partial charge in [-0.05, 0) is 296 Å². The first-order chi connectivity index (χ1) is 55.2. The summed E-state index contributed by atoms with van der Waals surface area (Å²) in [5.41, 5.74) is 41.3. The molecule has 0 spiro atoms. The van der Waals surface area contributed by atoms with E-state index in [1.165, 1.54) is 134 Å². The largest absolute Gasteiger partial charge is 0.212 e. The second-order valence-corrected chi connectivity index (χ2v) is 32.7. The zero-order valence-electron chi connectivity index (χ0n) is 79.9. The Morgan fingerprint density at radius 1 is 0.343 bits per heavy atom. The first-order valence-corrected chi connectivity index (χ1v) is 37.2. The summed E-state index contributed by atoms with van der Waals surface area (Å²) < 4.78 is 123. The molecule has 0 saturated heterocycles. The summed E-state index contributed by atoms with van der Waals surface area (Å²) in [4.78, 5) is 0. The summed E-state index contributed by atoms with van der Waals surface area (Å²) in [6, 6.07) is 53.7. The van der Waals surface area contributed by atoms with Crippen LogP contribution in [0.3, 0.4) is 0 Å². The van der Waals surface area contributed by atoms with Crippen molar-refractivity contribution in [3.05, 3.63) is 304 Å². The van der Waals surface area contributed by atoms with Gasteiger partial charge in [0.1, 0.15) is 28.2 Å². The fourth-order valence-electron chi connectivity index (χ4n) is 16.7. The second kappa shape index (κ2) is 28.7. The van der Waals surface area contributed by atoms with E-state index in [1.54, 1.807) is 38.5 Å². The van der Waals surface area contributed by atoms with Crippen LogP contribution in [0.15, 0.2) is 176 Å². The maximum Gasteiger partial charge on any atom is 0.212 e. The van der Waals surface area contributed by atoms with Crippen LogP contribution in [0.25, 0.3) is 89.5 Å².